The molecule has 0 spiro atoms. The summed E-state index contributed by atoms with van der Waals surface area (Å²) in [5.41, 5.74) is 0. The van der Waals surface area contributed by atoms with Crippen molar-refractivity contribution in [2.24, 2.45) is 5.92 Å². The molecule has 2 nitrogen and oxygen atoms in total. The Balaban J connectivity index is -0.0000000860. The molecule has 0 fully saturated rings. The predicted molar refractivity (Wildman–Crippen MR) is 75.7 cm³/mol. The predicted octanol–water partition coefficient (Wildman–Crippen LogP) is 3.81. The largest absolute Gasteiger partial charge is 0.359 e. The first-order valence-corrected chi connectivity index (χ1v) is 7.32. The SMILES string of the molecule is CC.CC.CC.CNC(=O)C(C)CSC. The van der Waals surface area contributed by atoms with Crippen LogP contribution in [0.5, 0.6) is 0 Å². The summed E-state index contributed by atoms with van der Waals surface area (Å²) >= 11 is 1.69. The van der Waals surface area contributed by atoms with Crippen LogP contribution in [-0.2, 0) is 4.79 Å². The summed E-state index contributed by atoms with van der Waals surface area (Å²) in [5.74, 6) is 1.17. The standard InChI is InChI=1S/C6H13NOS.3C2H6/c1-5(4-9-3)6(8)7-2;3*1-2/h5H,4H2,1-3H3,(H,7,8);3*1-2H3. The molecule has 1 unspecified atom stereocenters. The van der Waals surface area contributed by atoms with Gasteiger partial charge in [0.2, 0.25) is 5.91 Å². The second kappa shape index (κ2) is 29.2. The number of hydrogen-bond donors (Lipinski definition) is 1. The minimum atomic E-state index is 0.129. The molecular weight excluding hydrogens is 206 g/mol. The Hall–Kier alpha value is -0.180. The van der Waals surface area contributed by atoms with E-state index < -0.39 is 0 Å². The lowest BCUT2D eigenvalue weighted by Crippen LogP contribution is -2.26. The van der Waals surface area contributed by atoms with E-state index in [4.69, 9.17) is 0 Å². The molecule has 0 radical (unpaired) electrons. The van der Waals surface area contributed by atoms with E-state index in [9.17, 15) is 4.79 Å². The molecule has 0 heterocycles. The average molecular weight is 237 g/mol. The summed E-state index contributed by atoms with van der Waals surface area (Å²) in [6, 6.07) is 0. The molecule has 0 bridgehead atoms. The first-order valence-electron chi connectivity index (χ1n) is 5.93. The van der Waals surface area contributed by atoms with Crippen LogP contribution in [0.15, 0.2) is 0 Å². The minimum absolute atomic E-state index is 0.129. The zero-order valence-electron chi connectivity index (χ0n) is 12.1. The number of hydrogen-bond acceptors (Lipinski definition) is 2. The lowest BCUT2D eigenvalue weighted by Gasteiger charge is -2.05. The van der Waals surface area contributed by atoms with Gasteiger partial charge in [0.05, 0.1) is 0 Å². The third kappa shape index (κ3) is 24.8. The molecule has 1 N–H and O–H groups in total. The number of rotatable bonds is 3. The summed E-state index contributed by atoms with van der Waals surface area (Å²) in [6.07, 6.45) is 2.00. The summed E-state index contributed by atoms with van der Waals surface area (Å²) in [7, 11) is 1.67. The zero-order valence-corrected chi connectivity index (χ0v) is 12.9. The normalized spacial score (nSPS) is 8.87. The van der Waals surface area contributed by atoms with E-state index in [0.717, 1.165) is 5.75 Å². The second-order valence-corrected chi connectivity index (χ2v) is 2.88. The highest BCUT2D eigenvalue weighted by atomic mass is 32.2. The highest BCUT2D eigenvalue weighted by Crippen LogP contribution is 2.03. The lowest BCUT2D eigenvalue weighted by molar-refractivity contribution is -0.123. The molecule has 15 heavy (non-hydrogen) atoms. The second-order valence-electron chi connectivity index (χ2n) is 1.97. The van der Waals surface area contributed by atoms with Crippen LogP contribution in [0.2, 0.25) is 0 Å². The molecule has 0 aromatic rings. The highest BCUT2D eigenvalue weighted by molar-refractivity contribution is 7.98. The van der Waals surface area contributed by atoms with Crippen molar-refractivity contribution in [3.8, 4) is 0 Å². The number of thioether (sulfide) groups is 1. The first kappa shape index (κ1) is 24.2. The third-order valence-corrected chi connectivity index (χ3v) is 1.94. The Morgan fingerprint density at radius 2 is 1.47 bits per heavy atom. The molecule has 1 amide bonds. The number of nitrogens with one attached hydrogen (secondary N) is 1. The van der Waals surface area contributed by atoms with Gasteiger partial charge in [-0.05, 0) is 6.26 Å². The number of amides is 1. The van der Waals surface area contributed by atoms with Crippen molar-refractivity contribution in [2.45, 2.75) is 48.5 Å². The summed E-state index contributed by atoms with van der Waals surface area (Å²) < 4.78 is 0. The molecule has 3 heteroatoms. The molecule has 1 atom stereocenters. The smallest absolute Gasteiger partial charge is 0.223 e. The molecule has 0 aliphatic heterocycles. The maximum Gasteiger partial charge on any atom is 0.223 e. The number of carbonyl (C=O) groups excluding carboxylic acids is 1. The van der Waals surface area contributed by atoms with Crippen LogP contribution < -0.4 is 5.32 Å². The maximum atomic E-state index is 10.8. The molecule has 0 aliphatic rings. The van der Waals surface area contributed by atoms with Crippen LogP contribution in [-0.4, -0.2) is 25.0 Å². The van der Waals surface area contributed by atoms with E-state index in [1.54, 1.807) is 18.8 Å². The molecular formula is C12H31NOS. The van der Waals surface area contributed by atoms with Gasteiger partial charge in [-0.2, -0.15) is 11.8 Å². The zero-order chi connectivity index (χ0) is 13.3. The summed E-state index contributed by atoms with van der Waals surface area (Å²) in [4.78, 5) is 10.8. The van der Waals surface area contributed by atoms with Gasteiger partial charge < -0.3 is 5.32 Å². The molecule has 96 valence electrons. The number of carbonyl (C=O) groups is 1. The van der Waals surface area contributed by atoms with Gasteiger partial charge in [-0.3, -0.25) is 4.79 Å². The van der Waals surface area contributed by atoms with E-state index in [1.165, 1.54) is 0 Å². The molecule has 0 saturated carbocycles. The van der Waals surface area contributed by atoms with Crippen molar-refractivity contribution in [1.29, 1.82) is 0 Å². The van der Waals surface area contributed by atoms with Gasteiger partial charge in [0.1, 0.15) is 0 Å². The van der Waals surface area contributed by atoms with Gasteiger partial charge in [-0.15, -0.1) is 0 Å². The van der Waals surface area contributed by atoms with Crippen LogP contribution in [0.4, 0.5) is 0 Å². The van der Waals surface area contributed by atoms with Gasteiger partial charge in [0.15, 0.2) is 0 Å². The van der Waals surface area contributed by atoms with E-state index in [2.05, 4.69) is 5.32 Å². The van der Waals surface area contributed by atoms with E-state index >= 15 is 0 Å². The van der Waals surface area contributed by atoms with Crippen molar-refractivity contribution in [3.63, 3.8) is 0 Å². The Kier molecular flexibility index (Phi) is 47.1. The molecule has 0 saturated heterocycles. The Morgan fingerprint density at radius 1 is 1.13 bits per heavy atom. The Morgan fingerprint density at radius 3 is 1.67 bits per heavy atom. The Bertz CT molecular complexity index is 97.6. The Labute approximate surface area is 102 Å². The van der Waals surface area contributed by atoms with Gasteiger partial charge in [-0.1, -0.05) is 48.5 Å². The monoisotopic (exact) mass is 237 g/mol. The summed E-state index contributed by atoms with van der Waals surface area (Å²) in [5, 5.41) is 2.60. The van der Waals surface area contributed by atoms with E-state index in [0.29, 0.717) is 0 Å². The van der Waals surface area contributed by atoms with Crippen molar-refractivity contribution >= 4 is 17.7 Å². The van der Waals surface area contributed by atoms with E-state index in [-0.39, 0.29) is 11.8 Å². The minimum Gasteiger partial charge on any atom is -0.359 e. The van der Waals surface area contributed by atoms with Crippen molar-refractivity contribution in [3.05, 3.63) is 0 Å². The molecule has 0 aromatic heterocycles. The van der Waals surface area contributed by atoms with Gasteiger partial charge in [0.25, 0.3) is 0 Å². The van der Waals surface area contributed by atoms with Gasteiger partial charge in [0, 0.05) is 18.7 Å². The fraction of sp³-hybridized carbons (Fsp3) is 0.917. The van der Waals surface area contributed by atoms with E-state index in [1.807, 2.05) is 54.7 Å². The third-order valence-electron chi connectivity index (χ3n) is 1.11. The van der Waals surface area contributed by atoms with Gasteiger partial charge in [-0.25, -0.2) is 0 Å². The van der Waals surface area contributed by atoms with Crippen LogP contribution in [0.25, 0.3) is 0 Å². The van der Waals surface area contributed by atoms with Gasteiger partial charge >= 0.3 is 0 Å². The molecule has 0 aromatic carbocycles. The van der Waals surface area contributed by atoms with Crippen LogP contribution >= 0.6 is 11.8 Å². The lowest BCUT2D eigenvalue weighted by atomic mass is 10.2. The van der Waals surface area contributed by atoms with Crippen LogP contribution in [0.3, 0.4) is 0 Å². The fourth-order valence-electron chi connectivity index (χ4n) is 0.572. The topological polar surface area (TPSA) is 29.1 Å². The van der Waals surface area contributed by atoms with Crippen molar-refractivity contribution in [1.82, 2.24) is 5.32 Å². The first-order chi connectivity index (χ1) is 7.22. The highest BCUT2D eigenvalue weighted by Gasteiger charge is 2.08. The maximum absolute atomic E-state index is 10.8. The van der Waals surface area contributed by atoms with Crippen molar-refractivity contribution in [2.75, 3.05) is 19.1 Å². The quantitative estimate of drug-likeness (QED) is 0.808. The molecule has 0 aliphatic carbocycles. The molecule has 0 rings (SSSR count). The van der Waals surface area contributed by atoms with Crippen molar-refractivity contribution < 1.29 is 4.79 Å². The van der Waals surface area contributed by atoms with Crippen LogP contribution in [0, 0.1) is 5.92 Å². The average Bonchev–Trinajstić information content (AvgIpc) is 2.36. The summed E-state index contributed by atoms with van der Waals surface area (Å²) in [6.45, 7) is 13.9. The fourth-order valence-corrected chi connectivity index (χ4v) is 1.22. The van der Waals surface area contributed by atoms with Crippen LogP contribution in [0.1, 0.15) is 48.5 Å².